The van der Waals surface area contributed by atoms with Gasteiger partial charge < -0.3 is 10.6 Å². The van der Waals surface area contributed by atoms with Crippen molar-refractivity contribution in [1.29, 1.82) is 0 Å². The lowest BCUT2D eigenvalue weighted by Crippen LogP contribution is -2.27. The van der Waals surface area contributed by atoms with Crippen molar-refractivity contribution in [3.05, 3.63) is 59.7 Å². The van der Waals surface area contributed by atoms with Crippen molar-refractivity contribution < 1.29 is 9.59 Å². The number of amides is 2. The highest BCUT2D eigenvalue weighted by atomic mass is 16.2. The second-order valence-electron chi connectivity index (χ2n) is 4.69. The first-order valence-corrected chi connectivity index (χ1v) is 7.13. The van der Waals surface area contributed by atoms with E-state index in [1.54, 1.807) is 12.3 Å². The highest BCUT2D eigenvalue weighted by Crippen LogP contribution is 2.03. The van der Waals surface area contributed by atoms with Crippen LogP contribution in [0.1, 0.15) is 39.9 Å². The van der Waals surface area contributed by atoms with Crippen LogP contribution in [0.25, 0.3) is 0 Å². The Morgan fingerprint density at radius 1 is 1.05 bits per heavy atom. The number of nitrogens with one attached hydrogen (secondary N) is 2. The molecule has 6 nitrogen and oxygen atoms in total. The van der Waals surface area contributed by atoms with Crippen LogP contribution >= 0.6 is 0 Å². The van der Waals surface area contributed by atoms with E-state index in [1.165, 1.54) is 12.3 Å². The van der Waals surface area contributed by atoms with E-state index in [-0.39, 0.29) is 17.5 Å². The van der Waals surface area contributed by atoms with Crippen LogP contribution in [0, 0.1) is 0 Å². The normalized spacial score (nSPS) is 10.0. The van der Waals surface area contributed by atoms with Gasteiger partial charge in [-0.15, -0.1) is 0 Å². The lowest BCUT2D eigenvalue weighted by Gasteiger charge is -2.06. The van der Waals surface area contributed by atoms with Gasteiger partial charge in [0, 0.05) is 24.5 Å². The molecular formula is C16H18N4O2. The molecule has 0 aromatic carbocycles. The quantitative estimate of drug-likeness (QED) is 0.847. The predicted molar refractivity (Wildman–Crippen MR) is 82.3 cm³/mol. The third-order valence-corrected chi connectivity index (χ3v) is 2.95. The van der Waals surface area contributed by atoms with Crippen LogP contribution in [0.2, 0.25) is 0 Å². The van der Waals surface area contributed by atoms with Gasteiger partial charge in [-0.25, -0.2) is 0 Å². The minimum Gasteiger partial charge on any atom is -0.351 e. The Morgan fingerprint density at radius 3 is 2.64 bits per heavy atom. The van der Waals surface area contributed by atoms with Crippen LogP contribution in [-0.2, 0) is 6.54 Å². The molecule has 0 saturated carbocycles. The molecule has 0 bridgehead atoms. The lowest BCUT2D eigenvalue weighted by molar-refractivity contribution is 0.0948. The van der Waals surface area contributed by atoms with Crippen LogP contribution in [-0.4, -0.2) is 28.3 Å². The average Bonchev–Trinajstić information content (AvgIpc) is 2.58. The van der Waals surface area contributed by atoms with Gasteiger partial charge in [-0.2, -0.15) is 0 Å². The van der Waals surface area contributed by atoms with E-state index >= 15 is 0 Å². The molecule has 0 fully saturated rings. The third-order valence-electron chi connectivity index (χ3n) is 2.95. The van der Waals surface area contributed by atoms with E-state index < -0.39 is 0 Å². The van der Waals surface area contributed by atoms with Gasteiger partial charge in [0.05, 0.1) is 12.2 Å². The summed E-state index contributed by atoms with van der Waals surface area (Å²) in [4.78, 5) is 32.1. The molecule has 0 spiro atoms. The number of hydrogen-bond acceptors (Lipinski definition) is 4. The second-order valence-corrected chi connectivity index (χ2v) is 4.69. The van der Waals surface area contributed by atoms with E-state index in [2.05, 4.69) is 20.6 Å². The SMILES string of the molecule is CCCNC(=O)c1cc(C(=O)NCc2ccccn2)ccn1. The molecule has 114 valence electrons. The Bertz CT molecular complexity index is 644. The van der Waals surface area contributed by atoms with E-state index in [0.29, 0.717) is 18.7 Å². The summed E-state index contributed by atoms with van der Waals surface area (Å²) in [7, 11) is 0. The molecule has 22 heavy (non-hydrogen) atoms. The lowest BCUT2D eigenvalue weighted by atomic mass is 10.2. The van der Waals surface area contributed by atoms with Gasteiger partial charge in [-0.05, 0) is 30.7 Å². The summed E-state index contributed by atoms with van der Waals surface area (Å²) in [5.41, 5.74) is 1.40. The summed E-state index contributed by atoms with van der Waals surface area (Å²) >= 11 is 0. The van der Waals surface area contributed by atoms with Crippen molar-refractivity contribution in [2.75, 3.05) is 6.54 Å². The van der Waals surface area contributed by atoms with E-state index in [4.69, 9.17) is 0 Å². The maximum absolute atomic E-state index is 12.1. The van der Waals surface area contributed by atoms with Gasteiger partial charge in [-0.3, -0.25) is 19.6 Å². The summed E-state index contributed by atoms with van der Waals surface area (Å²) in [6.07, 6.45) is 3.97. The first-order chi connectivity index (χ1) is 10.7. The predicted octanol–water partition coefficient (Wildman–Crippen LogP) is 1.55. The summed E-state index contributed by atoms with van der Waals surface area (Å²) in [6, 6.07) is 8.56. The average molecular weight is 298 g/mol. The fraction of sp³-hybridized carbons (Fsp3) is 0.250. The number of carbonyl (C=O) groups excluding carboxylic acids is 2. The molecule has 0 saturated heterocycles. The minimum absolute atomic E-state index is 0.235. The zero-order valence-electron chi connectivity index (χ0n) is 12.4. The summed E-state index contributed by atoms with van der Waals surface area (Å²) in [5.74, 6) is -0.543. The highest BCUT2D eigenvalue weighted by molar-refractivity contribution is 5.98. The largest absolute Gasteiger partial charge is 0.351 e. The molecule has 2 N–H and O–H groups in total. The molecule has 2 aromatic rings. The molecule has 2 rings (SSSR count). The maximum Gasteiger partial charge on any atom is 0.269 e. The molecule has 0 aliphatic heterocycles. The molecule has 2 aromatic heterocycles. The smallest absolute Gasteiger partial charge is 0.269 e. The van der Waals surface area contributed by atoms with E-state index in [9.17, 15) is 9.59 Å². The number of aromatic nitrogens is 2. The molecule has 0 radical (unpaired) electrons. The third kappa shape index (κ3) is 4.37. The van der Waals surface area contributed by atoms with Crippen molar-refractivity contribution >= 4 is 11.8 Å². The van der Waals surface area contributed by atoms with Gasteiger partial charge in [0.1, 0.15) is 5.69 Å². The van der Waals surface area contributed by atoms with Gasteiger partial charge in [0.25, 0.3) is 11.8 Å². The molecule has 0 atom stereocenters. The maximum atomic E-state index is 12.1. The molecule has 0 aliphatic rings. The van der Waals surface area contributed by atoms with Crippen LogP contribution in [0.5, 0.6) is 0 Å². The van der Waals surface area contributed by atoms with Gasteiger partial charge in [0.15, 0.2) is 0 Å². The first kappa shape index (κ1) is 15.6. The minimum atomic E-state index is -0.277. The van der Waals surface area contributed by atoms with Gasteiger partial charge in [0.2, 0.25) is 0 Å². The molecule has 2 amide bonds. The van der Waals surface area contributed by atoms with Crippen molar-refractivity contribution in [2.24, 2.45) is 0 Å². The Balaban J connectivity index is 1.99. The molecule has 2 heterocycles. The zero-order valence-corrected chi connectivity index (χ0v) is 12.4. The standard InChI is InChI=1S/C16H18N4O2/c1-2-7-19-16(22)14-10-12(6-9-18-14)15(21)20-11-13-5-3-4-8-17-13/h3-6,8-10H,2,7,11H2,1H3,(H,19,22)(H,20,21). The molecule has 0 aliphatic carbocycles. The molecule has 0 unspecified atom stereocenters. The van der Waals surface area contributed by atoms with Crippen LogP contribution in [0.4, 0.5) is 0 Å². The fourth-order valence-electron chi connectivity index (χ4n) is 1.80. The van der Waals surface area contributed by atoms with Crippen LogP contribution in [0.15, 0.2) is 42.7 Å². The van der Waals surface area contributed by atoms with Gasteiger partial charge in [-0.1, -0.05) is 13.0 Å². The summed E-state index contributed by atoms with van der Waals surface area (Å²) in [5, 5.41) is 5.49. The van der Waals surface area contributed by atoms with Crippen molar-refractivity contribution in [2.45, 2.75) is 19.9 Å². The Morgan fingerprint density at radius 2 is 1.91 bits per heavy atom. The Kier molecular flexibility index (Phi) is 5.59. The Hall–Kier alpha value is -2.76. The summed E-state index contributed by atoms with van der Waals surface area (Å²) in [6.45, 7) is 2.88. The van der Waals surface area contributed by atoms with E-state index in [0.717, 1.165) is 12.1 Å². The highest BCUT2D eigenvalue weighted by Gasteiger charge is 2.11. The number of rotatable bonds is 6. The van der Waals surface area contributed by atoms with Crippen molar-refractivity contribution in [1.82, 2.24) is 20.6 Å². The van der Waals surface area contributed by atoms with Gasteiger partial charge >= 0.3 is 0 Å². The first-order valence-electron chi connectivity index (χ1n) is 7.13. The number of carbonyl (C=O) groups is 2. The van der Waals surface area contributed by atoms with Crippen molar-refractivity contribution in [3.63, 3.8) is 0 Å². The fourth-order valence-corrected chi connectivity index (χ4v) is 1.80. The van der Waals surface area contributed by atoms with E-state index in [1.807, 2.05) is 25.1 Å². The van der Waals surface area contributed by atoms with Crippen LogP contribution < -0.4 is 10.6 Å². The van der Waals surface area contributed by atoms with Crippen molar-refractivity contribution in [3.8, 4) is 0 Å². The van der Waals surface area contributed by atoms with Crippen LogP contribution in [0.3, 0.4) is 0 Å². The summed E-state index contributed by atoms with van der Waals surface area (Å²) < 4.78 is 0. The second kappa shape index (κ2) is 7.87. The molecular weight excluding hydrogens is 280 g/mol. The Labute approximate surface area is 129 Å². The monoisotopic (exact) mass is 298 g/mol. The zero-order chi connectivity index (χ0) is 15.8. The number of pyridine rings is 2. The number of nitrogens with zero attached hydrogens (tertiary/aromatic N) is 2. The topological polar surface area (TPSA) is 84.0 Å². The molecule has 6 heteroatoms. The number of hydrogen-bond donors (Lipinski definition) is 2.